The van der Waals surface area contributed by atoms with E-state index in [1.54, 1.807) is 12.1 Å². The molecule has 0 aliphatic heterocycles. The minimum absolute atomic E-state index is 0.0615. The maximum absolute atomic E-state index is 11.1. The first-order valence-corrected chi connectivity index (χ1v) is 5.48. The fourth-order valence-electron chi connectivity index (χ4n) is 1.32. The summed E-state index contributed by atoms with van der Waals surface area (Å²) in [6.07, 6.45) is 1.59. The molecule has 15 heavy (non-hydrogen) atoms. The van der Waals surface area contributed by atoms with Crippen LogP contribution in [0.15, 0.2) is 29.2 Å². The van der Waals surface area contributed by atoms with Crippen LogP contribution in [0.5, 0.6) is 0 Å². The molecule has 0 heterocycles. The van der Waals surface area contributed by atoms with E-state index in [9.17, 15) is 14.9 Å². The summed E-state index contributed by atoms with van der Waals surface area (Å²) < 4.78 is 0. The quantitative estimate of drug-likeness (QED) is 0.583. The molecule has 0 N–H and O–H groups in total. The van der Waals surface area contributed by atoms with Crippen LogP contribution in [0, 0.1) is 10.1 Å². The second-order valence-corrected chi connectivity index (χ2v) is 4.64. The zero-order chi connectivity index (χ0) is 10.8. The number of rotatable bonds is 3. The van der Waals surface area contributed by atoms with Gasteiger partial charge >= 0.3 is 0 Å². The Labute approximate surface area is 90.8 Å². The predicted molar refractivity (Wildman–Crippen MR) is 57.0 cm³/mol. The highest BCUT2D eigenvalue weighted by atomic mass is 32.2. The molecule has 0 saturated heterocycles. The summed E-state index contributed by atoms with van der Waals surface area (Å²) in [4.78, 5) is 22.0. The van der Waals surface area contributed by atoms with E-state index in [2.05, 4.69) is 0 Å². The normalized spacial score (nSPS) is 19.7. The van der Waals surface area contributed by atoms with Crippen molar-refractivity contribution < 1.29 is 9.72 Å². The Morgan fingerprint density at radius 1 is 1.33 bits per heavy atom. The molecule has 0 radical (unpaired) electrons. The van der Waals surface area contributed by atoms with Crippen LogP contribution in [-0.2, 0) is 4.79 Å². The van der Waals surface area contributed by atoms with Gasteiger partial charge in [-0.3, -0.25) is 14.9 Å². The van der Waals surface area contributed by atoms with Crippen LogP contribution in [0.3, 0.4) is 0 Å². The van der Waals surface area contributed by atoms with E-state index in [1.807, 2.05) is 0 Å². The van der Waals surface area contributed by atoms with Crippen LogP contribution in [0.1, 0.15) is 12.8 Å². The third-order valence-electron chi connectivity index (χ3n) is 2.34. The number of carbonyl (C=O) groups excluding carboxylic acids is 1. The van der Waals surface area contributed by atoms with Crippen molar-refractivity contribution in [1.82, 2.24) is 0 Å². The van der Waals surface area contributed by atoms with Crippen molar-refractivity contribution in [2.75, 3.05) is 0 Å². The number of nitro groups is 1. The third kappa shape index (κ3) is 2.18. The molecule has 1 aromatic carbocycles. The van der Waals surface area contributed by atoms with Gasteiger partial charge in [-0.25, -0.2) is 0 Å². The van der Waals surface area contributed by atoms with Crippen molar-refractivity contribution in [2.45, 2.75) is 23.0 Å². The van der Waals surface area contributed by atoms with Gasteiger partial charge < -0.3 is 0 Å². The van der Waals surface area contributed by atoms with E-state index in [0.29, 0.717) is 6.42 Å². The summed E-state index contributed by atoms with van der Waals surface area (Å²) in [5.74, 6) is 0.276. The van der Waals surface area contributed by atoms with E-state index in [-0.39, 0.29) is 16.7 Å². The average Bonchev–Trinajstić information content (AvgIpc) is 2.24. The number of carbonyl (C=O) groups is 1. The van der Waals surface area contributed by atoms with Crippen LogP contribution < -0.4 is 0 Å². The summed E-state index contributed by atoms with van der Waals surface area (Å²) in [7, 11) is 0. The van der Waals surface area contributed by atoms with Gasteiger partial charge in [0.05, 0.1) is 10.2 Å². The van der Waals surface area contributed by atoms with E-state index < -0.39 is 4.92 Å². The summed E-state index contributed by atoms with van der Waals surface area (Å²) in [6.45, 7) is 0. The summed E-state index contributed by atoms with van der Waals surface area (Å²) in [6, 6.07) is 6.31. The Hall–Kier alpha value is -1.36. The van der Waals surface area contributed by atoms with E-state index >= 15 is 0 Å². The Balaban J connectivity index is 2.04. The first kappa shape index (κ1) is 10.2. The first-order chi connectivity index (χ1) is 7.16. The number of non-ortho nitro benzene ring substituents is 1. The molecule has 5 heteroatoms. The molecular weight excluding hydrogens is 214 g/mol. The molecule has 0 unspecified atom stereocenters. The van der Waals surface area contributed by atoms with Crippen molar-refractivity contribution in [3.63, 3.8) is 0 Å². The lowest BCUT2D eigenvalue weighted by molar-refractivity contribution is -0.384. The molecule has 1 aliphatic carbocycles. The molecule has 0 spiro atoms. The largest absolute Gasteiger partial charge is 0.298 e. The lowest BCUT2D eigenvalue weighted by atomic mass is 9.98. The number of thioether (sulfide) groups is 1. The van der Waals surface area contributed by atoms with Crippen LogP contribution in [0.4, 0.5) is 5.69 Å². The topological polar surface area (TPSA) is 60.2 Å². The molecule has 78 valence electrons. The molecular formula is C10H9NO3S. The molecule has 1 aromatic rings. The second-order valence-electron chi connectivity index (χ2n) is 3.36. The Kier molecular flexibility index (Phi) is 2.73. The number of Topliss-reactive ketones (excluding diaryl/α,β-unsaturated/α-hetero) is 1. The van der Waals surface area contributed by atoms with Crippen molar-refractivity contribution in [2.24, 2.45) is 0 Å². The standard InChI is InChI=1S/C10H9NO3S/c12-9-5-6-10(9)15-8-3-1-7(2-4-8)11(13)14/h1-4,10H,5-6H2/t10-/m0/s1. The second kappa shape index (κ2) is 4.02. The van der Waals surface area contributed by atoms with Crippen molar-refractivity contribution >= 4 is 23.2 Å². The highest BCUT2D eigenvalue weighted by Gasteiger charge is 2.28. The molecule has 4 nitrogen and oxygen atoms in total. The molecule has 0 amide bonds. The maximum Gasteiger partial charge on any atom is 0.269 e. The highest BCUT2D eigenvalue weighted by Crippen LogP contribution is 2.34. The lowest BCUT2D eigenvalue weighted by Crippen LogP contribution is -2.27. The highest BCUT2D eigenvalue weighted by molar-refractivity contribution is 8.00. The van der Waals surface area contributed by atoms with Gasteiger partial charge in [0, 0.05) is 23.4 Å². The van der Waals surface area contributed by atoms with E-state index in [1.165, 1.54) is 23.9 Å². The van der Waals surface area contributed by atoms with Crippen LogP contribution >= 0.6 is 11.8 Å². The van der Waals surface area contributed by atoms with Gasteiger partial charge in [-0.2, -0.15) is 0 Å². The maximum atomic E-state index is 11.1. The van der Waals surface area contributed by atoms with Gasteiger partial charge in [-0.05, 0) is 18.6 Å². The van der Waals surface area contributed by atoms with Gasteiger partial charge in [0.1, 0.15) is 5.78 Å². The predicted octanol–water partition coefficient (Wildman–Crippen LogP) is 2.42. The average molecular weight is 223 g/mol. The Morgan fingerprint density at radius 2 is 2.00 bits per heavy atom. The van der Waals surface area contributed by atoms with Crippen molar-refractivity contribution in [1.29, 1.82) is 0 Å². The fourth-order valence-corrected chi connectivity index (χ4v) is 2.42. The zero-order valence-corrected chi connectivity index (χ0v) is 8.70. The first-order valence-electron chi connectivity index (χ1n) is 4.60. The molecule has 0 aromatic heterocycles. The van der Waals surface area contributed by atoms with Gasteiger partial charge in [0.25, 0.3) is 5.69 Å². The Morgan fingerprint density at radius 3 is 2.40 bits per heavy atom. The number of benzene rings is 1. The molecule has 1 fully saturated rings. The van der Waals surface area contributed by atoms with Crippen LogP contribution in [0.25, 0.3) is 0 Å². The number of nitrogens with zero attached hydrogens (tertiary/aromatic N) is 1. The monoisotopic (exact) mass is 223 g/mol. The molecule has 1 saturated carbocycles. The Bertz CT molecular complexity index is 402. The number of ketones is 1. The van der Waals surface area contributed by atoms with Crippen LogP contribution in [-0.4, -0.2) is 16.0 Å². The molecule has 1 aliphatic rings. The fraction of sp³-hybridized carbons (Fsp3) is 0.300. The summed E-state index contributed by atoms with van der Waals surface area (Å²) in [5.41, 5.74) is 0.0827. The summed E-state index contributed by atoms with van der Waals surface area (Å²) in [5, 5.41) is 10.5. The van der Waals surface area contributed by atoms with Gasteiger partial charge in [-0.15, -0.1) is 11.8 Å². The molecule has 0 bridgehead atoms. The van der Waals surface area contributed by atoms with Gasteiger partial charge in [0.15, 0.2) is 0 Å². The molecule has 1 atom stereocenters. The third-order valence-corrected chi connectivity index (χ3v) is 3.67. The summed E-state index contributed by atoms with van der Waals surface area (Å²) >= 11 is 1.49. The smallest absolute Gasteiger partial charge is 0.269 e. The van der Waals surface area contributed by atoms with E-state index in [4.69, 9.17) is 0 Å². The van der Waals surface area contributed by atoms with Crippen molar-refractivity contribution in [3.05, 3.63) is 34.4 Å². The number of hydrogen-bond acceptors (Lipinski definition) is 4. The van der Waals surface area contributed by atoms with Crippen LogP contribution in [0.2, 0.25) is 0 Å². The SMILES string of the molecule is O=C1CC[C@@H]1Sc1ccc([N+](=O)[O-])cc1. The lowest BCUT2D eigenvalue weighted by Gasteiger charge is -2.22. The van der Waals surface area contributed by atoms with Gasteiger partial charge in [-0.1, -0.05) is 0 Å². The number of nitro benzene ring substituents is 1. The minimum Gasteiger partial charge on any atom is -0.298 e. The minimum atomic E-state index is -0.428. The molecule has 2 rings (SSSR count). The van der Waals surface area contributed by atoms with E-state index in [0.717, 1.165) is 11.3 Å². The number of hydrogen-bond donors (Lipinski definition) is 0. The zero-order valence-electron chi connectivity index (χ0n) is 7.88. The van der Waals surface area contributed by atoms with Crippen molar-refractivity contribution in [3.8, 4) is 0 Å². The van der Waals surface area contributed by atoms with Gasteiger partial charge in [0.2, 0.25) is 0 Å².